The highest BCUT2D eigenvalue weighted by Gasteiger charge is 2.15. The molecule has 104 valence electrons. The Labute approximate surface area is 131 Å². The number of hydrogen-bond acceptors (Lipinski definition) is 3. The molecule has 1 aliphatic heterocycles. The number of halogens is 2. The number of anilines is 1. The standard InChI is InChI=1S/C15H13BrClNO2/c16-11-4-2-1-3-10(11)9-18-13-8-15-14(7-12(13)17)19-5-6-20-15/h1-4,7-8,18H,5-6,9H2. The zero-order valence-corrected chi connectivity index (χ0v) is 13.0. The maximum atomic E-state index is 6.26. The van der Waals surface area contributed by atoms with Crippen molar-refractivity contribution < 1.29 is 9.47 Å². The molecule has 0 aromatic heterocycles. The van der Waals surface area contributed by atoms with Crippen molar-refractivity contribution in [2.24, 2.45) is 0 Å². The summed E-state index contributed by atoms with van der Waals surface area (Å²) in [5, 5.41) is 3.95. The van der Waals surface area contributed by atoms with Gasteiger partial charge in [-0.25, -0.2) is 0 Å². The van der Waals surface area contributed by atoms with Gasteiger partial charge in [0.2, 0.25) is 0 Å². The number of rotatable bonds is 3. The van der Waals surface area contributed by atoms with E-state index in [9.17, 15) is 0 Å². The number of hydrogen-bond donors (Lipinski definition) is 1. The molecule has 0 spiro atoms. The van der Waals surface area contributed by atoms with Crippen LogP contribution in [-0.2, 0) is 6.54 Å². The van der Waals surface area contributed by atoms with E-state index in [1.807, 2.05) is 24.3 Å². The molecular formula is C15H13BrClNO2. The molecule has 0 saturated heterocycles. The van der Waals surface area contributed by atoms with Gasteiger partial charge in [-0.1, -0.05) is 45.7 Å². The summed E-state index contributed by atoms with van der Waals surface area (Å²) in [6.45, 7) is 1.81. The van der Waals surface area contributed by atoms with Crippen LogP contribution in [-0.4, -0.2) is 13.2 Å². The van der Waals surface area contributed by atoms with Gasteiger partial charge in [-0.2, -0.15) is 0 Å². The Balaban J connectivity index is 1.79. The predicted molar refractivity (Wildman–Crippen MR) is 83.9 cm³/mol. The molecule has 2 aromatic rings. The molecule has 0 bridgehead atoms. The number of fused-ring (bicyclic) bond motifs is 1. The van der Waals surface area contributed by atoms with Crippen LogP contribution in [0.4, 0.5) is 5.69 Å². The molecule has 3 rings (SSSR count). The van der Waals surface area contributed by atoms with Gasteiger partial charge in [0.05, 0.1) is 10.7 Å². The Hall–Kier alpha value is -1.39. The molecule has 0 fully saturated rings. The van der Waals surface area contributed by atoms with Gasteiger partial charge in [0.15, 0.2) is 11.5 Å². The van der Waals surface area contributed by atoms with E-state index in [2.05, 4.69) is 27.3 Å². The first kappa shape index (κ1) is 13.6. The Kier molecular flexibility index (Phi) is 4.03. The largest absolute Gasteiger partial charge is 0.486 e. The van der Waals surface area contributed by atoms with Gasteiger partial charge in [0.25, 0.3) is 0 Å². The first-order valence-corrected chi connectivity index (χ1v) is 7.47. The maximum absolute atomic E-state index is 6.26. The minimum atomic E-state index is 0.563. The molecule has 20 heavy (non-hydrogen) atoms. The van der Waals surface area contributed by atoms with Crippen molar-refractivity contribution in [3.63, 3.8) is 0 Å². The molecule has 0 aliphatic carbocycles. The van der Waals surface area contributed by atoms with E-state index in [4.69, 9.17) is 21.1 Å². The fourth-order valence-corrected chi connectivity index (χ4v) is 2.68. The van der Waals surface area contributed by atoms with E-state index in [0.29, 0.717) is 30.5 Å². The van der Waals surface area contributed by atoms with Gasteiger partial charge >= 0.3 is 0 Å². The van der Waals surface area contributed by atoms with Gasteiger partial charge < -0.3 is 14.8 Å². The first-order valence-electron chi connectivity index (χ1n) is 6.30. The van der Waals surface area contributed by atoms with Gasteiger partial charge in [-0.3, -0.25) is 0 Å². The summed E-state index contributed by atoms with van der Waals surface area (Å²) >= 11 is 9.79. The van der Waals surface area contributed by atoms with Gasteiger partial charge in [0, 0.05) is 23.2 Å². The lowest BCUT2D eigenvalue weighted by Gasteiger charge is -2.20. The third kappa shape index (κ3) is 2.86. The molecule has 1 aliphatic rings. The van der Waals surface area contributed by atoms with Crippen LogP contribution in [0.15, 0.2) is 40.9 Å². The molecule has 0 amide bonds. The van der Waals surface area contributed by atoms with Crippen LogP contribution in [0.5, 0.6) is 11.5 Å². The second-order valence-corrected chi connectivity index (χ2v) is 5.68. The highest BCUT2D eigenvalue weighted by atomic mass is 79.9. The second kappa shape index (κ2) is 5.94. The lowest BCUT2D eigenvalue weighted by Crippen LogP contribution is -2.15. The summed E-state index contributed by atoms with van der Waals surface area (Å²) < 4.78 is 12.1. The van der Waals surface area contributed by atoms with Gasteiger partial charge in [-0.15, -0.1) is 0 Å². The molecule has 0 unspecified atom stereocenters. The molecule has 1 heterocycles. The van der Waals surface area contributed by atoms with E-state index in [-0.39, 0.29) is 0 Å². The van der Waals surface area contributed by atoms with Gasteiger partial charge in [-0.05, 0) is 11.6 Å². The predicted octanol–water partition coefficient (Wildman–Crippen LogP) is 4.49. The summed E-state index contributed by atoms with van der Waals surface area (Å²) in [5.74, 6) is 1.43. The number of benzene rings is 2. The topological polar surface area (TPSA) is 30.5 Å². The summed E-state index contributed by atoms with van der Waals surface area (Å²) in [5.41, 5.74) is 2.00. The Morgan fingerprint density at radius 2 is 1.80 bits per heavy atom. The van der Waals surface area contributed by atoms with Crippen molar-refractivity contribution in [2.45, 2.75) is 6.54 Å². The van der Waals surface area contributed by atoms with Crippen molar-refractivity contribution in [3.05, 3.63) is 51.5 Å². The van der Waals surface area contributed by atoms with Crippen LogP contribution in [0.3, 0.4) is 0 Å². The highest BCUT2D eigenvalue weighted by molar-refractivity contribution is 9.10. The van der Waals surface area contributed by atoms with E-state index in [1.165, 1.54) is 5.56 Å². The van der Waals surface area contributed by atoms with Crippen molar-refractivity contribution in [2.75, 3.05) is 18.5 Å². The molecule has 1 N–H and O–H groups in total. The summed E-state index contributed by atoms with van der Waals surface area (Å²) in [7, 11) is 0. The van der Waals surface area contributed by atoms with Crippen LogP contribution in [0.1, 0.15) is 5.56 Å². The molecule has 2 aromatic carbocycles. The second-order valence-electron chi connectivity index (χ2n) is 4.42. The number of ether oxygens (including phenoxy) is 2. The van der Waals surface area contributed by atoms with E-state index >= 15 is 0 Å². The van der Waals surface area contributed by atoms with E-state index in [0.717, 1.165) is 15.9 Å². The zero-order chi connectivity index (χ0) is 13.9. The third-order valence-corrected chi connectivity index (χ3v) is 4.15. The van der Waals surface area contributed by atoms with Crippen molar-refractivity contribution in [3.8, 4) is 11.5 Å². The minimum absolute atomic E-state index is 0.563. The minimum Gasteiger partial charge on any atom is -0.486 e. The van der Waals surface area contributed by atoms with Gasteiger partial charge in [0.1, 0.15) is 13.2 Å². The van der Waals surface area contributed by atoms with Crippen LogP contribution >= 0.6 is 27.5 Å². The van der Waals surface area contributed by atoms with E-state index in [1.54, 1.807) is 6.07 Å². The van der Waals surface area contributed by atoms with E-state index < -0.39 is 0 Å². The molecule has 5 heteroatoms. The highest BCUT2D eigenvalue weighted by Crippen LogP contribution is 2.38. The molecular weight excluding hydrogens is 342 g/mol. The van der Waals surface area contributed by atoms with Crippen molar-refractivity contribution in [1.29, 1.82) is 0 Å². The molecule has 0 atom stereocenters. The van der Waals surface area contributed by atoms with Crippen molar-refractivity contribution in [1.82, 2.24) is 0 Å². The Morgan fingerprint density at radius 1 is 1.10 bits per heavy atom. The van der Waals surface area contributed by atoms with Crippen LogP contribution in [0.2, 0.25) is 5.02 Å². The quantitative estimate of drug-likeness (QED) is 0.881. The average molecular weight is 355 g/mol. The third-order valence-electron chi connectivity index (χ3n) is 3.06. The van der Waals surface area contributed by atoms with Crippen molar-refractivity contribution >= 4 is 33.2 Å². The average Bonchev–Trinajstić information content (AvgIpc) is 2.46. The van der Waals surface area contributed by atoms with Crippen LogP contribution in [0, 0.1) is 0 Å². The fourth-order valence-electron chi connectivity index (χ4n) is 2.03. The fraction of sp³-hybridized carbons (Fsp3) is 0.200. The zero-order valence-electron chi connectivity index (χ0n) is 10.7. The lowest BCUT2D eigenvalue weighted by atomic mass is 10.2. The normalized spacial score (nSPS) is 13.1. The summed E-state index contributed by atoms with van der Waals surface area (Å²) in [6.07, 6.45) is 0. The van der Waals surface area contributed by atoms with Crippen LogP contribution < -0.4 is 14.8 Å². The summed E-state index contributed by atoms with van der Waals surface area (Å²) in [4.78, 5) is 0. The molecule has 0 saturated carbocycles. The SMILES string of the molecule is Clc1cc2c(cc1NCc1ccccc1Br)OCCO2. The monoisotopic (exact) mass is 353 g/mol. The summed E-state index contributed by atoms with van der Waals surface area (Å²) in [6, 6.07) is 11.7. The Morgan fingerprint density at radius 3 is 2.55 bits per heavy atom. The Bertz CT molecular complexity index is 633. The first-order chi connectivity index (χ1) is 9.74. The molecule has 3 nitrogen and oxygen atoms in total. The van der Waals surface area contributed by atoms with Crippen LogP contribution in [0.25, 0.3) is 0 Å². The maximum Gasteiger partial charge on any atom is 0.163 e. The lowest BCUT2D eigenvalue weighted by molar-refractivity contribution is 0.171. The smallest absolute Gasteiger partial charge is 0.163 e. The number of nitrogens with one attached hydrogen (secondary N) is 1. The molecule has 0 radical (unpaired) electrons.